The van der Waals surface area contributed by atoms with Crippen LogP contribution in [0.3, 0.4) is 0 Å². The van der Waals surface area contributed by atoms with Gasteiger partial charge in [0.05, 0.1) is 0 Å². The number of hydrogen-bond acceptors (Lipinski definition) is 1. The van der Waals surface area contributed by atoms with E-state index >= 15 is 0 Å². The molecule has 0 saturated heterocycles. The fourth-order valence-electron chi connectivity index (χ4n) is 3.39. The summed E-state index contributed by atoms with van der Waals surface area (Å²) in [6.45, 7) is 4.28. The predicted molar refractivity (Wildman–Crippen MR) is 104 cm³/mol. The van der Waals surface area contributed by atoms with Crippen molar-refractivity contribution in [1.29, 1.82) is 0 Å². The summed E-state index contributed by atoms with van der Waals surface area (Å²) in [6, 6.07) is 8.02. The molecule has 1 nitrogen and oxygen atoms in total. The number of para-hydroxylation sites is 1. The van der Waals surface area contributed by atoms with Gasteiger partial charge >= 0.3 is 140 Å². The van der Waals surface area contributed by atoms with Gasteiger partial charge in [0.25, 0.3) is 0 Å². The van der Waals surface area contributed by atoms with Gasteiger partial charge in [-0.3, -0.25) is 0 Å². The molecule has 1 aromatic rings. The summed E-state index contributed by atoms with van der Waals surface area (Å²) in [5, 5.41) is 9.65. The second-order valence-electron chi connectivity index (χ2n) is 13.8. The van der Waals surface area contributed by atoms with Crippen LogP contribution < -0.4 is 3.32 Å². The molecule has 4 heteroatoms. The van der Waals surface area contributed by atoms with Gasteiger partial charge in [-0.2, -0.15) is 0 Å². The summed E-state index contributed by atoms with van der Waals surface area (Å²) in [6.07, 6.45) is 6.78. The SMILES string of the molecule is CC(C)c1ccccc1[O][Ti]([CH3])([CH3])([CH3])([CH3])([CH3])([Cl])([Cl])[C]1=CC=CC1. The van der Waals surface area contributed by atoms with Crippen molar-refractivity contribution in [3.63, 3.8) is 0 Å². The maximum atomic E-state index is 7.72. The standard InChI is InChI=1S/C9H12O.C5H5.5CH3.2ClH.Ti/c1-7(2)8-5-3-4-6-9(8)10;1-2-4-5-3-1;;;;;;;;/h3-7,10H,1-2H3;1-3H,4H2;5*1H3;2*1H;/q;;;;;;;;;+3/p-3. The first-order valence-corrected chi connectivity index (χ1v) is 22.0. The van der Waals surface area contributed by atoms with Gasteiger partial charge in [0, 0.05) is 0 Å². The van der Waals surface area contributed by atoms with Crippen molar-refractivity contribution in [2.24, 2.45) is 0 Å². The maximum absolute atomic E-state index is 7.72. The quantitative estimate of drug-likeness (QED) is 0.467. The molecule has 0 amide bonds. The number of rotatable bonds is 4. The Labute approximate surface area is 139 Å². The van der Waals surface area contributed by atoms with E-state index in [0.717, 1.165) is 15.2 Å². The Morgan fingerprint density at radius 2 is 1.57 bits per heavy atom. The van der Waals surface area contributed by atoms with Crippen LogP contribution in [0.15, 0.2) is 46.4 Å². The summed E-state index contributed by atoms with van der Waals surface area (Å²) in [5.41, 5.74) is 1.10. The van der Waals surface area contributed by atoms with Crippen LogP contribution in [-0.2, 0) is 8.44 Å². The molecule has 23 heavy (non-hydrogen) atoms. The van der Waals surface area contributed by atoms with E-state index < -0.39 is 8.44 Å². The monoisotopic (exact) mass is 393 g/mol. The molecule has 0 atom stereocenters. The summed E-state index contributed by atoms with van der Waals surface area (Å²) in [7, 11) is 9.05. The number of allylic oxidation sites excluding steroid dienone is 4. The van der Waals surface area contributed by atoms with Gasteiger partial charge < -0.3 is 0 Å². The second kappa shape index (κ2) is 2.92. The first kappa shape index (κ1) is 19.1. The van der Waals surface area contributed by atoms with Gasteiger partial charge in [-0.05, 0) is 0 Å². The van der Waals surface area contributed by atoms with Gasteiger partial charge in [0.15, 0.2) is 0 Å². The number of halogens is 2. The molecule has 0 radical (unpaired) electrons. The van der Waals surface area contributed by atoms with E-state index in [9.17, 15) is 0 Å². The van der Waals surface area contributed by atoms with E-state index in [1.165, 1.54) is 0 Å². The summed E-state index contributed by atoms with van der Waals surface area (Å²) in [5.74, 6) is 1.06. The van der Waals surface area contributed by atoms with Gasteiger partial charge in [0.1, 0.15) is 0 Å². The molecular formula is C19H31Cl2OTi. The second-order valence-corrected chi connectivity index (χ2v) is 66.1. The minimum absolute atomic E-state index is 0.311. The molecule has 0 aliphatic heterocycles. The van der Waals surface area contributed by atoms with Crippen molar-refractivity contribution in [3.8, 4) is 5.75 Å². The molecule has 2 rings (SSSR count). The van der Waals surface area contributed by atoms with Crippen LogP contribution >= 0.6 is 18.6 Å². The normalized spacial score (nSPS) is 24.4. The Kier molecular flexibility index (Phi) is 2.43. The molecule has 0 heterocycles. The van der Waals surface area contributed by atoms with E-state index in [1.54, 1.807) is 0 Å². The van der Waals surface area contributed by atoms with Crippen molar-refractivity contribution in [3.05, 3.63) is 51.9 Å². The molecule has 0 saturated carbocycles. The molecule has 1 aliphatic rings. The Morgan fingerprint density at radius 1 is 1.00 bits per heavy atom. The summed E-state index contributed by atoms with van der Waals surface area (Å²) in [4.78, 5) is 0. The Hall–Kier alpha value is -0.206. The Bertz CT molecular complexity index is 808. The number of hydrogen-bond donors (Lipinski definition) is 0. The average Bonchev–Trinajstić information content (AvgIpc) is 2.80. The summed E-state index contributed by atoms with van der Waals surface area (Å²) < 4.78 is 7.83. The zero-order valence-corrected chi connectivity index (χ0v) is 18.6. The van der Waals surface area contributed by atoms with Gasteiger partial charge in [-0.15, -0.1) is 0 Å². The van der Waals surface area contributed by atoms with Crippen molar-refractivity contribution in [2.45, 2.75) is 52.3 Å². The van der Waals surface area contributed by atoms with Crippen LogP contribution in [0.25, 0.3) is 0 Å². The fourth-order valence-corrected chi connectivity index (χ4v) is 11.8. The van der Waals surface area contributed by atoms with Crippen molar-refractivity contribution < 1.29 is 11.8 Å². The first-order chi connectivity index (χ1) is 9.62. The Balaban J connectivity index is 2.88. The Morgan fingerprint density at radius 3 is 2.04 bits per heavy atom. The molecule has 0 bridgehead atoms. The van der Waals surface area contributed by atoms with Crippen molar-refractivity contribution >= 4 is 18.6 Å². The van der Waals surface area contributed by atoms with Crippen LogP contribution in [-0.4, -0.2) is 0 Å². The van der Waals surface area contributed by atoms with Crippen LogP contribution in [0.4, 0.5) is 0 Å². The average molecular weight is 394 g/mol. The van der Waals surface area contributed by atoms with Crippen molar-refractivity contribution in [1.82, 2.24) is 0 Å². The predicted octanol–water partition coefficient (Wildman–Crippen LogP) is 8.33. The molecule has 0 aromatic heterocycles. The van der Waals surface area contributed by atoms with Crippen LogP contribution in [0, 0.1) is 0 Å². The summed E-state index contributed by atoms with van der Waals surface area (Å²) >= 11 is 0. The molecular weight excluding hydrogens is 363 g/mol. The van der Waals surface area contributed by atoms with Crippen LogP contribution in [0.5, 0.6) is 5.75 Å². The third-order valence-corrected chi connectivity index (χ3v) is 16.8. The van der Waals surface area contributed by atoms with Crippen LogP contribution in [0.2, 0.25) is 26.1 Å². The van der Waals surface area contributed by atoms with E-state index in [2.05, 4.69) is 26.0 Å². The van der Waals surface area contributed by atoms with E-state index in [0.29, 0.717) is 12.3 Å². The molecule has 0 fully saturated rings. The molecule has 0 spiro atoms. The third-order valence-electron chi connectivity index (χ3n) is 5.04. The molecule has 0 N–H and O–H groups in total. The van der Waals surface area contributed by atoms with Gasteiger partial charge in [-0.25, -0.2) is 0 Å². The fraction of sp³-hybridized carbons (Fsp3) is 0.474. The van der Waals surface area contributed by atoms with Crippen LogP contribution in [0.1, 0.15) is 31.7 Å². The molecule has 131 valence electrons. The van der Waals surface area contributed by atoms with E-state index in [4.69, 9.17) is 21.9 Å². The molecule has 1 aromatic carbocycles. The van der Waals surface area contributed by atoms with Gasteiger partial charge in [0.2, 0.25) is 0 Å². The zero-order valence-electron chi connectivity index (χ0n) is 15.5. The first-order valence-electron chi connectivity index (χ1n) is 8.52. The molecule has 1 aliphatic carbocycles. The topological polar surface area (TPSA) is 9.23 Å². The van der Waals surface area contributed by atoms with Gasteiger partial charge in [-0.1, -0.05) is 0 Å². The zero-order chi connectivity index (χ0) is 18.0. The van der Waals surface area contributed by atoms with E-state index in [-0.39, 0.29) is 0 Å². The minimum atomic E-state index is -6.38. The molecule has 0 unspecified atom stereocenters. The number of benzene rings is 1. The third kappa shape index (κ3) is 3.74. The van der Waals surface area contributed by atoms with Crippen molar-refractivity contribution in [2.75, 3.05) is 0 Å². The van der Waals surface area contributed by atoms with E-state index in [1.807, 2.05) is 56.5 Å².